The Bertz CT molecular complexity index is 434. The molecule has 1 aromatic rings. The van der Waals surface area contributed by atoms with Gasteiger partial charge in [0.15, 0.2) is 0 Å². The highest BCUT2D eigenvalue weighted by molar-refractivity contribution is 5.94. The van der Waals surface area contributed by atoms with Gasteiger partial charge in [0.1, 0.15) is 11.4 Å². The molecule has 0 radical (unpaired) electrons. The summed E-state index contributed by atoms with van der Waals surface area (Å²) in [6, 6.07) is 4.64. The number of nitrogens with zero attached hydrogens (tertiary/aromatic N) is 1. The lowest BCUT2D eigenvalue weighted by Gasteiger charge is -2.05. The summed E-state index contributed by atoms with van der Waals surface area (Å²) >= 11 is 0. The normalized spacial score (nSPS) is 10.0. The Morgan fingerprint density at radius 1 is 1.32 bits per heavy atom. The van der Waals surface area contributed by atoms with E-state index in [-0.39, 0.29) is 17.3 Å². The van der Waals surface area contributed by atoms with Crippen LogP contribution in [0.2, 0.25) is 0 Å². The highest BCUT2D eigenvalue weighted by atomic mass is 16.5. The maximum Gasteiger partial charge on any atom is 0.356 e. The first kappa shape index (κ1) is 15.1. The van der Waals surface area contributed by atoms with Gasteiger partial charge in [-0.05, 0) is 25.5 Å². The van der Waals surface area contributed by atoms with Crippen molar-refractivity contribution in [3.8, 4) is 0 Å². The highest BCUT2D eigenvalue weighted by Gasteiger charge is 2.11. The summed E-state index contributed by atoms with van der Waals surface area (Å²) in [5.41, 5.74) is 0.309. The van der Waals surface area contributed by atoms with Crippen LogP contribution < -0.4 is 5.32 Å². The van der Waals surface area contributed by atoms with E-state index in [0.717, 1.165) is 6.42 Å². The van der Waals surface area contributed by atoms with Gasteiger partial charge in [0.05, 0.1) is 7.11 Å². The zero-order chi connectivity index (χ0) is 14.1. The molecule has 0 saturated carbocycles. The Morgan fingerprint density at radius 2 is 2.05 bits per heavy atom. The number of pyridine rings is 1. The Kier molecular flexibility index (Phi) is 6.52. The Morgan fingerprint density at radius 3 is 2.74 bits per heavy atom. The molecule has 0 unspecified atom stereocenters. The molecule has 0 aliphatic carbocycles. The van der Waals surface area contributed by atoms with Crippen LogP contribution in [-0.4, -0.2) is 43.7 Å². The number of hydrogen-bond donors (Lipinski definition) is 1. The molecule has 104 valence electrons. The van der Waals surface area contributed by atoms with E-state index in [4.69, 9.17) is 4.74 Å². The second kappa shape index (κ2) is 8.20. The van der Waals surface area contributed by atoms with Crippen LogP contribution in [0.1, 0.15) is 34.3 Å². The number of nitrogens with one attached hydrogen (secondary N) is 1. The molecule has 6 nitrogen and oxygen atoms in total. The van der Waals surface area contributed by atoms with E-state index in [1.165, 1.54) is 13.2 Å². The molecule has 0 aliphatic heterocycles. The minimum Gasteiger partial charge on any atom is -0.464 e. The second-order valence-corrected chi connectivity index (χ2v) is 3.71. The maximum atomic E-state index is 11.8. The second-order valence-electron chi connectivity index (χ2n) is 3.71. The fourth-order valence-corrected chi connectivity index (χ4v) is 1.39. The molecule has 0 saturated heterocycles. The fraction of sp³-hybridized carbons (Fsp3) is 0.462. The first-order chi connectivity index (χ1) is 9.19. The van der Waals surface area contributed by atoms with Gasteiger partial charge in [-0.3, -0.25) is 4.79 Å². The summed E-state index contributed by atoms with van der Waals surface area (Å²) in [6.07, 6.45) is 0.732. The van der Waals surface area contributed by atoms with Crippen LogP contribution in [0.15, 0.2) is 18.2 Å². The maximum absolute atomic E-state index is 11.8. The van der Waals surface area contributed by atoms with Crippen molar-refractivity contribution < 1.29 is 19.1 Å². The standard InChI is InChI=1S/C13H18N2O4/c1-3-19-9-5-8-14-12(16)10-6-4-7-11(15-10)13(17)18-2/h4,6-7H,3,5,8-9H2,1-2H3,(H,14,16). The van der Waals surface area contributed by atoms with Crippen LogP contribution in [0.4, 0.5) is 0 Å². The van der Waals surface area contributed by atoms with E-state index in [2.05, 4.69) is 15.0 Å². The molecular formula is C13H18N2O4. The molecule has 6 heteroatoms. The van der Waals surface area contributed by atoms with E-state index in [1.807, 2.05) is 6.92 Å². The van der Waals surface area contributed by atoms with Crippen molar-refractivity contribution in [1.82, 2.24) is 10.3 Å². The van der Waals surface area contributed by atoms with Crippen LogP contribution in [0.3, 0.4) is 0 Å². The summed E-state index contributed by atoms with van der Waals surface area (Å²) in [7, 11) is 1.27. The fourth-order valence-electron chi connectivity index (χ4n) is 1.39. The van der Waals surface area contributed by atoms with E-state index in [0.29, 0.717) is 19.8 Å². The molecule has 0 aromatic carbocycles. The number of carbonyl (C=O) groups excluding carboxylic acids is 2. The number of hydrogen-bond acceptors (Lipinski definition) is 5. The number of carbonyl (C=O) groups is 2. The van der Waals surface area contributed by atoms with Gasteiger partial charge in [-0.25, -0.2) is 9.78 Å². The lowest BCUT2D eigenvalue weighted by Crippen LogP contribution is -2.26. The first-order valence-corrected chi connectivity index (χ1v) is 6.10. The molecule has 1 amide bonds. The largest absolute Gasteiger partial charge is 0.464 e. The smallest absolute Gasteiger partial charge is 0.356 e. The van der Waals surface area contributed by atoms with Crippen molar-refractivity contribution in [2.24, 2.45) is 0 Å². The topological polar surface area (TPSA) is 77.5 Å². The van der Waals surface area contributed by atoms with Crippen molar-refractivity contribution in [3.63, 3.8) is 0 Å². The molecule has 0 fully saturated rings. The minimum absolute atomic E-state index is 0.115. The lowest BCUT2D eigenvalue weighted by atomic mass is 10.3. The molecule has 1 aromatic heterocycles. The van der Waals surface area contributed by atoms with Crippen molar-refractivity contribution in [3.05, 3.63) is 29.6 Å². The molecule has 0 bridgehead atoms. The zero-order valence-electron chi connectivity index (χ0n) is 11.1. The lowest BCUT2D eigenvalue weighted by molar-refractivity contribution is 0.0594. The number of amides is 1. The molecular weight excluding hydrogens is 248 g/mol. The molecule has 0 spiro atoms. The van der Waals surface area contributed by atoms with E-state index in [9.17, 15) is 9.59 Å². The monoisotopic (exact) mass is 266 g/mol. The molecule has 0 atom stereocenters. The van der Waals surface area contributed by atoms with Crippen molar-refractivity contribution >= 4 is 11.9 Å². The molecule has 1 N–H and O–H groups in total. The summed E-state index contributed by atoms with van der Waals surface area (Å²) in [4.78, 5) is 27.0. The van der Waals surface area contributed by atoms with Crippen molar-refractivity contribution in [1.29, 1.82) is 0 Å². The quantitative estimate of drug-likeness (QED) is 0.589. The van der Waals surface area contributed by atoms with Crippen LogP contribution >= 0.6 is 0 Å². The third-order valence-electron chi connectivity index (χ3n) is 2.33. The number of ether oxygens (including phenoxy) is 2. The Labute approximate surface area is 112 Å². The summed E-state index contributed by atoms with van der Waals surface area (Å²) < 4.78 is 9.70. The van der Waals surface area contributed by atoms with E-state index >= 15 is 0 Å². The van der Waals surface area contributed by atoms with Gasteiger partial charge in [-0.15, -0.1) is 0 Å². The molecule has 1 rings (SSSR count). The summed E-state index contributed by atoms with van der Waals surface area (Å²) in [5.74, 6) is -0.881. The predicted octanol–water partition coefficient (Wildman–Crippen LogP) is 1.02. The number of aromatic nitrogens is 1. The summed E-state index contributed by atoms with van der Waals surface area (Å²) in [5, 5.41) is 2.71. The zero-order valence-corrected chi connectivity index (χ0v) is 11.1. The molecule has 0 aliphatic rings. The van der Waals surface area contributed by atoms with Gasteiger partial charge < -0.3 is 14.8 Å². The highest BCUT2D eigenvalue weighted by Crippen LogP contribution is 2.01. The van der Waals surface area contributed by atoms with Crippen molar-refractivity contribution in [2.45, 2.75) is 13.3 Å². The van der Waals surface area contributed by atoms with Gasteiger partial charge in [-0.2, -0.15) is 0 Å². The van der Waals surface area contributed by atoms with Crippen LogP contribution in [0.5, 0.6) is 0 Å². The number of methoxy groups -OCH3 is 1. The average Bonchev–Trinajstić information content (AvgIpc) is 2.46. The summed E-state index contributed by atoms with van der Waals surface area (Å²) in [6.45, 7) is 3.69. The van der Waals surface area contributed by atoms with E-state index in [1.54, 1.807) is 12.1 Å². The van der Waals surface area contributed by atoms with Crippen LogP contribution in [0.25, 0.3) is 0 Å². The first-order valence-electron chi connectivity index (χ1n) is 6.10. The van der Waals surface area contributed by atoms with Crippen LogP contribution in [0, 0.1) is 0 Å². The third kappa shape index (κ3) is 5.05. The SMILES string of the molecule is CCOCCCNC(=O)c1cccc(C(=O)OC)n1. The van der Waals surface area contributed by atoms with Gasteiger partial charge >= 0.3 is 5.97 Å². The van der Waals surface area contributed by atoms with Gasteiger partial charge in [0.2, 0.25) is 0 Å². The van der Waals surface area contributed by atoms with E-state index < -0.39 is 5.97 Å². The van der Waals surface area contributed by atoms with Crippen molar-refractivity contribution in [2.75, 3.05) is 26.9 Å². The third-order valence-corrected chi connectivity index (χ3v) is 2.33. The van der Waals surface area contributed by atoms with Gasteiger partial charge in [0, 0.05) is 19.8 Å². The number of esters is 1. The predicted molar refractivity (Wildman–Crippen MR) is 69.0 cm³/mol. The molecule has 19 heavy (non-hydrogen) atoms. The average molecular weight is 266 g/mol. The van der Waals surface area contributed by atoms with Gasteiger partial charge in [-0.1, -0.05) is 6.07 Å². The Balaban J connectivity index is 2.50. The minimum atomic E-state index is -0.564. The van der Waals surface area contributed by atoms with Crippen LogP contribution in [-0.2, 0) is 9.47 Å². The Hall–Kier alpha value is -1.95. The molecule has 1 heterocycles. The van der Waals surface area contributed by atoms with Gasteiger partial charge in [0.25, 0.3) is 5.91 Å². The number of rotatable bonds is 7.